The maximum atomic E-state index is 10.3. The van der Waals surface area contributed by atoms with Crippen molar-refractivity contribution in [3.8, 4) is 0 Å². The first kappa shape index (κ1) is 18.9. The van der Waals surface area contributed by atoms with E-state index < -0.39 is 5.97 Å². The van der Waals surface area contributed by atoms with E-state index in [0.29, 0.717) is 6.42 Å². The van der Waals surface area contributed by atoms with E-state index in [-0.39, 0.29) is 6.42 Å². The van der Waals surface area contributed by atoms with Crippen LogP contribution in [0.3, 0.4) is 0 Å². The summed E-state index contributed by atoms with van der Waals surface area (Å²) in [4.78, 5) is 10.3. The van der Waals surface area contributed by atoms with Gasteiger partial charge in [0.2, 0.25) is 0 Å². The first-order valence-electron chi connectivity index (χ1n) is 8.29. The van der Waals surface area contributed by atoms with Crippen LogP contribution in [-0.4, -0.2) is 11.1 Å². The van der Waals surface area contributed by atoms with E-state index in [0.717, 1.165) is 12.8 Å². The predicted molar refractivity (Wildman–Crippen MR) is 87.0 cm³/mol. The normalized spacial score (nSPS) is 11.7. The number of hydrogen-bond acceptors (Lipinski definition) is 1. The van der Waals surface area contributed by atoms with Gasteiger partial charge in [-0.15, -0.1) is 0 Å². The fourth-order valence-corrected chi connectivity index (χ4v) is 2.09. The van der Waals surface area contributed by atoms with E-state index in [1.807, 2.05) is 6.08 Å². The number of carboxylic acid groups (broad SMARTS) is 1. The highest BCUT2D eigenvalue weighted by Gasteiger charge is 1.91. The van der Waals surface area contributed by atoms with Crippen molar-refractivity contribution in [2.45, 2.75) is 84.0 Å². The molecule has 0 aromatic heterocycles. The minimum Gasteiger partial charge on any atom is -0.481 e. The molecule has 0 saturated heterocycles. The van der Waals surface area contributed by atoms with Crippen molar-refractivity contribution in [1.82, 2.24) is 0 Å². The van der Waals surface area contributed by atoms with Gasteiger partial charge >= 0.3 is 5.97 Å². The molecule has 0 unspecified atom stereocenters. The zero-order chi connectivity index (χ0) is 14.9. The molecule has 0 aliphatic rings. The second kappa shape index (κ2) is 16.0. The highest BCUT2D eigenvalue weighted by molar-refractivity contribution is 5.66. The van der Waals surface area contributed by atoms with Crippen molar-refractivity contribution < 1.29 is 9.90 Å². The summed E-state index contributed by atoms with van der Waals surface area (Å²) in [6.07, 6.45) is 22.4. The van der Waals surface area contributed by atoms with Crippen LogP contribution in [0, 0.1) is 0 Å². The third-order valence-electron chi connectivity index (χ3n) is 3.33. The SMILES string of the molecule is CCCCCCCCC/C=C\CC/C=C\CCC(=O)O. The predicted octanol–water partition coefficient (Wildman–Crippen LogP) is 5.88. The van der Waals surface area contributed by atoms with Crippen LogP contribution in [0.1, 0.15) is 84.0 Å². The molecule has 0 atom stereocenters. The molecule has 0 amide bonds. The van der Waals surface area contributed by atoms with Crippen molar-refractivity contribution in [3.63, 3.8) is 0 Å². The number of allylic oxidation sites excluding steroid dienone is 4. The van der Waals surface area contributed by atoms with Crippen molar-refractivity contribution >= 4 is 5.97 Å². The summed E-state index contributed by atoms with van der Waals surface area (Å²) in [5.41, 5.74) is 0. The van der Waals surface area contributed by atoms with Gasteiger partial charge in [0.25, 0.3) is 0 Å². The lowest BCUT2D eigenvalue weighted by Crippen LogP contribution is -1.91. The average Bonchev–Trinajstić information content (AvgIpc) is 2.43. The molecule has 0 aromatic rings. The largest absolute Gasteiger partial charge is 0.481 e. The lowest BCUT2D eigenvalue weighted by atomic mass is 10.1. The molecule has 2 nitrogen and oxygen atoms in total. The summed E-state index contributed by atoms with van der Waals surface area (Å²) in [5.74, 6) is -0.718. The van der Waals surface area contributed by atoms with E-state index in [9.17, 15) is 4.79 Å². The smallest absolute Gasteiger partial charge is 0.303 e. The van der Waals surface area contributed by atoms with Crippen molar-refractivity contribution in [3.05, 3.63) is 24.3 Å². The third-order valence-corrected chi connectivity index (χ3v) is 3.33. The molecule has 1 N–H and O–H groups in total. The minimum absolute atomic E-state index is 0.241. The summed E-state index contributed by atoms with van der Waals surface area (Å²) in [5, 5.41) is 8.47. The van der Waals surface area contributed by atoms with Gasteiger partial charge in [0.15, 0.2) is 0 Å². The minimum atomic E-state index is -0.718. The highest BCUT2D eigenvalue weighted by atomic mass is 16.4. The van der Waals surface area contributed by atoms with Crippen LogP contribution in [0.5, 0.6) is 0 Å². The van der Waals surface area contributed by atoms with E-state index in [2.05, 4.69) is 25.2 Å². The monoisotopic (exact) mass is 280 g/mol. The molecule has 0 saturated carbocycles. The molecule has 116 valence electrons. The summed E-state index contributed by atoms with van der Waals surface area (Å²) in [7, 11) is 0. The van der Waals surface area contributed by atoms with Gasteiger partial charge < -0.3 is 5.11 Å². The summed E-state index contributed by atoms with van der Waals surface area (Å²) in [6.45, 7) is 2.26. The van der Waals surface area contributed by atoms with Gasteiger partial charge in [0.05, 0.1) is 0 Å². The maximum absolute atomic E-state index is 10.3. The van der Waals surface area contributed by atoms with Crippen LogP contribution < -0.4 is 0 Å². The van der Waals surface area contributed by atoms with E-state index in [1.54, 1.807) is 0 Å². The Kier molecular flexibility index (Phi) is 15.2. The molecular formula is C18H32O2. The molecule has 0 aliphatic carbocycles. The fourth-order valence-electron chi connectivity index (χ4n) is 2.09. The number of rotatable bonds is 14. The van der Waals surface area contributed by atoms with Gasteiger partial charge in [0, 0.05) is 6.42 Å². The molecule has 0 heterocycles. The van der Waals surface area contributed by atoms with Crippen LogP contribution in [0.2, 0.25) is 0 Å². The molecule has 2 heteroatoms. The average molecular weight is 280 g/mol. The number of carbonyl (C=O) groups is 1. The molecule has 20 heavy (non-hydrogen) atoms. The van der Waals surface area contributed by atoms with Gasteiger partial charge in [-0.25, -0.2) is 0 Å². The highest BCUT2D eigenvalue weighted by Crippen LogP contribution is 2.08. The number of hydrogen-bond donors (Lipinski definition) is 1. The van der Waals surface area contributed by atoms with Gasteiger partial charge in [-0.2, -0.15) is 0 Å². The van der Waals surface area contributed by atoms with Crippen molar-refractivity contribution in [1.29, 1.82) is 0 Å². The first-order chi connectivity index (χ1) is 9.77. The van der Waals surface area contributed by atoms with Gasteiger partial charge in [-0.05, 0) is 32.1 Å². The van der Waals surface area contributed by atoms with Crippen LogP contribution in [0.4, 0.5) is 0 Å². The van der Waals surface area contributed by atoms with Crippen LogP contribution in [0.25, 0.3) is 0 Å². The Morgan fingerprint density at radius 1 is 0.750 bits per heavy atom. The lowest BCUT2D eigenvalue weighted by Gasteiger charge is -1.98. The van der Waals surface area contributed by atoms with Gasteiger partial charge in [0.1, 0.15) is 0 Å². The molecule has 0 rings (SSSR count). The summed E-state index contributed by atoms with van der Waals surface area (Å²) < 4.78 is 0. The van der Waals surface area contributed by atoms with Gasteiger partial charge in [-0.1, -0.05) is 69.8 Å². The van der Waals surface area contributed by atoms with Crippen LogP contribution in [-0.2, 0) is 4.79 Å². The van der Waals surface area contributed by atoms with Crippen LogP contribution in [0.15, 0.2) is 24.3 Å². The Balaban J connectivity index is 3.18. The van der Waals surface area contributed by atoms with Gasteiger partial charge in [-0.3, -0.25) is 4.79 Å². The first-order valence-corrected chi connectivity index (χ1v) is 8.29. The Bertz CT molecular complexity index is 267. The summed E-state index contributed by atoms with van der Waals surface area (Å²) >= 11 is 0. The van der Waals surface area contributed by atoms with E-state index >= 15 is 0 Å². The maximum Gasteiger partial charge on any atom is 0.303 e. The molecule has 0 fully saturated rings. The molecular weight excluding hydrogens is 248 g/mol. The van der Waals surface area contributed by atoms with E-state index in [1.165, 1.54) is 51.4 Å². The zero-order valence-corrected chi connectivity index (χ0v) is 13.2. The quantitative estimate of drug-likeness (QED) is 0.318. The Labute approximate surface area is 125 Å². The lowest BCUT2D eigenvalue weighted by molar-refractivity contribution is -0.136. The number of carboxylic acids is 1. The molecule has 0 spiro atoms. The Hall–Kier alpha value is -1.05. The molecule has 0 aliphatic heterocycles. The number of aliphatic carboxylic acids is 1. The van der Waals surface area contributed by atoms with Crippen LogP contribution >= 0.6 is 0 Å². The second-order valence-corrected chi connectivity index (χ2v) is 5.36. The van der Waals surface area contributed by atoms with Crippen molar-refractivity contribution in [2.75, 3.05) is 0 Å². The number of unbranched alkanes of at least 4 members (excludes halogenated alkanes) is 8. The molecule has 0 radical (unpaired) electrons. The molecule has 0 aromatic carbocycles. The topological polar surface area (TPSA) is 37.3 Å². The molecule has 0 bridgehead atoms. The standard InChI is InChI=1S/C18H32O2/c1-2-3-4-5-6-7-8-9-10-11-12-13-14-15-16-17-18(19)20/h10-11,14-15H,2-9,12-13,16-17H2,1H3,(H,19,20)/b11-10-,15-14-. The van der Waals surface area contributed by atoms with E-state index in [4.69, 9.17) is 5.11 Å². The summed E-state index contributed by atoms with van der Waals surface area (Å²) in [6, 6.07) is 0. The Morgan fingerprint density at radius 3 is 1.85 bits per heavy atom. The fraction of sp³-hybridized carbons (Fsp3) is 0.722. The zero-order valence-electron chi connectivity index (χ0n) is 13.2. The second-order valence-electron chi connectivity index (χ2n) is 5.36. The Morgan fingerprint density at radius 2 is 1.25 bits per heavy atom. The van der Waals surface area contributed by atoms with Crippen molar-refractivity contribution in [2.24, 2.45) is 0 Å². The third kappa shape index (κ3) is 16.9.